The van der Waals surface area contributed by atoms with Gasteiger partial charge in [-0.1, -0.05) is 18.2 Å². The summed E-state index contributed by atoms with van der Waals surface area (Å²) in [6.07, 6.45) is 0.133. The number of H-pyrrole nitrogens is 1. The Morgan fingerprint density at radius 2 is 2.05 bits per heavy atom. The van der Waals surface area contributed by atoms with Crippen molar-refractivity contribution in [3.8, 4) is 0 Å². The molecule has 4 unspecified atom stereocenters. The van der Waals surface area contributed by atoms with Crippen LogP contribution in [-0.2, 0) is 15.9 Å². The van der Waals surface area contributed by atoms with Gasteiger partial charge >= 0.3 is 0 Å². The first kappa shape index (κ1) is 14.6. The zero-order valence-corrected chi connectivity index (χ0v) is 11.6. The summed E-state index contributed by atoms with van der Waals surface area (Å²) in [5.74, 6) is 0. The SMILES string of the molecule is [B]C1OC(COCCc2c[nH]c3ccccc23)C(O)C1O. The second kappa shape index (κ2) is 6.19. The van der Waals surface area contributed by atoms with Crippen molar-refractivity contribution in [2.24, 2.45) is 0 Å². The lowest BCUT2D eigenvalue weighted by Crippen LogP contribution is -2.34. The molecule has 21 heavy (non-hydrogen) atoms. The van der Waals surface area contributed by atoms with Gasteiger partial charge in [0.2, 0.25) is 0 Å². The summed E-state index contributed by atoms with van der Waals surface area (Å²) in [7, 11) is 5.51. The zero-order chi connectivity index (χ0) is 14.8. The van der Waals surface area contributed by atoms with Crippen LogP contribution in [0.4, 0.5) is 0 Å². The Hall–Kier alpha value is -1.34. The van der Waals surface area contributed by atoms with E-state index in [1.54, 1.807) is 0 Å². The van der Waals surface area contributed by atoms with Crippen molar-refractivity contribution in [1.82, 2.24) is 4.98 Å². The summed E-state index contributed by atoms with van der Waals surface area (Å²) in [5.41, 5.74) is 2.30. The predicted octanol–water partition coefficient (Wildman–Crippen LogP) is 0.342. The number of fused-ring (bicyclic) bond motifs is 1. The smallest absolute Gasteiger partial charge is 0.112 e. The van der Waals surface area contributed by atoms with Gasteiger partial charge in [-0.15, -0.1) is 0 Å². The van der Waals surface area contributed by atoms with Gasteiger partial charge in [-0.3, -0.25) is 0 Å². The number of hydrogen-bond donors (Lipinski definition) is 3. The average Bonchev–Trinajstić information content (AvgIpc) is 3.01. The molecule has 0 saturated carbocycles. The molecular formula is C15H18BNO4. The molecule has 2 radical (unpaired) electrons. The number of aliphatic hydroxyl groups is 2. The Kier molecular flexibility index (Phi) is 4.31. The molecule has 1 aliphatic rings. The van der Waals surface area contributed by atoms with Crippen molar-refractivity contribution in [3.05, 3.63) is 36.0 Å². The van der Waals surface area contributed by atoms with Crippen molar-refractivity contribution in [2.45, 2.75) is 30.7 Å². The number of aromatic amines is 1. The number of rotatable bonds is 5. The number of aliphatic hydroxyl groups excluding tert-OH is 2. The molecule has 2 heterocycles. The molecule has 3 rings (SSSR count). The predicted molar refractivity (Wildman–Crippen MR) is 79.3 cm³/mol. The Morgan fingerprint density at radius 1 is 1.24 bits per heavy atom. The summed E-state index contributed by atoms with van der Waals surface area (Å²) in [6, 6.07) is 7.26. The van der Waals surface area contributed by atoms with Gasteiger partial charge in [0.15, 0.2) is 0 Å². The molecule has 5 nitrogen and oxygen atoms in total. The highest BCUT2D eigenvalue weighted by atomic mass is 16.6. The minimum atomic E-state index is -1.05. The zero-order valence-electron chi connectivity index (χ0n) is 11.6. The molecule has 6 heteroatoms. The van der Waals surface area contributed by atoms with E-state index in [4.69, 9.17) is 17.3 Å². The fraction of sp³-hybridized carbons (Fsp3) is 0.467. The number of ether oxygens (including phenoxy) is 2. The third-order valence-electron chi connectivity index (χ3n) is 3.87. The van der Waals surface area contributed by atoms with Gasteiger partial charge in [0.1, 0.15) is 20.1 Å². The first-order valence-electron chi connectivity index (χ1n) is 7.06. The number of aromatic nitrogens is 1. The van der Waals surface area contributed by atoms with E-state index in [0.717, 1.165) is 11.9 Å². The number of hydrogen-bond acceptors (Lipinski definition) is 4. The van der Waals surface area contributed by atoms with Crippen molar-refractivity contribution < 1.29 is 19.7 Å². The first-order chi connectivity index (χ1) is 10.2. The fourth-order valence-electron chi connectivity index (χ4n) is 2.64. The molecule has 1 aromatic carbocycles. The highest BCUT2D eigenvalue weighted by Crippen LogP contribution is 2.20. The Labute approximate surface area is 124 Å². The first-order valence-corrected chi connectivity index (χ1v) is 7.06. The monoisotopic (exact) mass is 287 g/mol. The van der Waals surface area contributed by atoms with Crippen LogP contribution in [0, 0.1) is 0 Å². The van der Waals surface area contributed by atoms with Crippen LogP contribution in [0.1, 0.15) is 5.56 Å². The molecule has 1 saturated heterocycles. The highest BCUT2D eigenvalue weighted by Gasteiger charge is 2.39. The molecule has 0 amide bonds. The molecular weight excluding hydrogens is 269 g/mol. The summed E-state index contributed by atoms with van der Waals surface area (Å²) in [6.45, 7) is 0.730. The molecule has 0 aliphatic carbocycles. The van der Waals surface area contributed by atoms with Gasteiger partial charge in [0.25, 0.3) is 0 Å². The number of nitrogens with one attached hydrogen (secondary N) is 1. The molecule has 4 atom stereocenters. The van der Waals surface area contributed by atoms with E-state index in [9.17, 15) is 10.2 Å². The molecule has 3 N–H and O–H groups in total. The van der Waals surface area contributed by atoms with Crippen LogP contribution in [0.2, 0.25) is 0 Å². The van der Waals surface area contributed by atoms with Crippen LogP contribution in [0.3, 0.4) is 0 Å². The second-order valence-corrected chi connectivity index (χ2v) is 5.30. The second-order valence-electron chi connectivity index (χ2n) is 5.30. The van der Waals surface area contributed by atoms with Crippen LogP contribution in [-0.4, -0.2) is 60.6 Å². The van der Waals surface area contributed by atoms with Crippen molar-refractivity contribution in [2.75, 3.05) is 13.2 Å². The Morgan fingerprint density at radius 3 is 2.81 bits per heavy atom. The minimum absolute atomic E-state index is 0.217. The van der Waals surface area contributed by atoms with Gasteiger partial charge in [0, 0.05) is 23.1 Å². The summed E-state index contributed by atoms with van der Waals surface area (Å²) in [4.78, 5) is 3.22. The van der Waals surface area contributed by atoms with Crippen LogP contribution in [0.15, 0.2) is 30.5 Å². The molecule has 110 valence electrons. The minimum Gasteiger partial charge on any atom is -0.388 e. The molecule has 1 aliphatic heterocycles. The van der Waals surface area contributed by atoms with Crippen LogP contribution in [0.25, 0.3) is 10.9 Å². The topological polar surface area (TPSA) is 74.7 Å². The van der Waals surface area contributed by atoms with Crippen molar-refractivity contribution in [3.63, 3.8) is 0 Å². The Balaban J connectivity index is 1.49. The maximum atomic E-state index is 9.71. The lowest BCUT2D eigenvalue weighted by molar-refractivity contribution is -0.0327. The fourth-order valence-corrected chi connectivity index (χ4v) is 2.64. The third-order valence-corrected chi connectivity index (χ3v) is 3.87. The third kappa shape index (κ3) is 2.99. The normalized spacial score (nSPS) is 29.2. The van der Waals surface area contributed by atoms with E-state index in [1.165, 1.54) is 10.9 Å². The average molecular weight is 287 g/mol. The maximum absolute atomic E-state index is 9.71. The van der Waals surface area contributed by atoms with E-state index in [1.807, 2.05) is 24.4 Å². The summed E-state index contributed by atoms with van der Waals surface area (Å²) in [5, 5.41) is 20.4. The lowest BCUT2D eigenvalue weighted by Gasteiger charge is -2.14. The van der Waals surface area contributed by atoms with E-state index < -0.39 is 24.3 Å². The molecule has 1 fully saturated rings. The number of para-hydroxylation sites is 1. The van der Waals surface area contributed by atoms with Crippen LogP contribution in [0.5, 0.6) is 0 Å². The van der Waals surface area contributed by atoms with Gasteiger partial charge in [0.05, 0.1) is 19.3 Å². The van der Waals surface area contributed by atoms with Gasteiger partial charge in [-0.25, -0.2) is 0 Å². The largest absolute Gasteiger partial charge is 0.388 e. The molecule has 0 bridgehead atoms. The molecule has 2 aromatic rings. The summed E-state index contributed by atoms with van der Waals surface area (Å²) < 4.78 is 10.8. The van der Waals surface area contributed by atoms with E-state index >= 15 is 0 Å². The maximum Gasteiger partial charge on any atom is 0.112 e. The van der Waals surface area contributed by atoms with Crippen LogP contribution < -0.4 is 0 Å². The van der Waals surface area contributed by atoms with Gasteiger partial charge < -0.3 is 24.7 Å². The standard InChI is InChI=1S/C15H18BNO4/c16-15-14(19)13(18)12(21-15)8-20-6-5-9-7-17-11-4-2-1-3-10(9)11/h1-4,7,12-15,17-19H,5-6,8H2. The quantitative estimate of drug-likeness (QED) is 0.548. The van der Waals surface area contributed by atoms with Gasteiger partial charge in [-0.05, 0) is 18.1 Å². The van der Waals surface area contributed by atoms with E-state index in [-0.39, 0.29) is 6.61 Å². The van der Waals surface area contributed by atoms with Crippen molar-refractivity contribution >= 4 is 18.7 Å². The van der Waals surface area contributed by atoms with E-state index in [0.29, 0.717) is 6.61 Å². The van der Waals surface area contributed by atoms with E-state index in [2.05, 4.69) is 11.1 Å². The van der Waals surface area contributed by atoms with Crippen molar-refractivity contribution in [1.29, 1.82) is 0 Å². The number of benzene rings is 1. The lowest BCUT2D eigenvalue weighted by atomic mass is 9.93. The summed E-state index contributed by atoms with van der Waals surface area (Å²) >= 11 is 0. The Bertz CT molecular complexity index is 602. The highest BCUT2D eigenvalue weighted by molar-refractivity contribution is 6.11. The van der Waals surface area contributed by atoms with Gasteiger partial charge in [-0.2, -0.15) is 0 Å². The molecule has 0 spiro atoms. The molecule has 1 aromatic heterocycles. The van der Waals surface area contributed by atoms with Crippen LogP contribution >= 0.6 is 0 Å².